The highest BCUT2D eigenvalue weighted by molar-refractivity contribution is 7.09. The summed E-state index contributed by atoms with van der Waals surface area (Å²) >= 11 is 7.23. The van der Waals surface area contributed by atoms with E-state index >= 15 is 0 Å². The van der Waals surface area contributed by atoms with Crippen LogP contribution in [0.15, 0.2) is 23.6 Å². The zero-order chi connectivity index (χ0) is 12.3. The van der Waals surface area contributed by atoms with E-state index in [0.29, 0.717) is 13.1 Å². The Bertz CT molecular complexity index is 513. The van der Waals surface area contributed by atoms with Gasteiger partial charge in [0.25, 0.3) is 0 Å². The Kier molecular flexibility index (Phi) is 4.10. The van der Waals surface area contributed by atoms with E-state index in [1.807, 2.05) is 18.4 Å². The fraction of sp³-hybridized carbons (Fsp3) is 0.250. The van der Waals surface area contributed by atoms with Crippen LogP contribution in [0.2, 0.25) is 5.02 Å². The average molecular weight is 271 g/mol. The summed E-state index contributed by atoms with van der Waals surface area (Å²) in [5, 5.41) is 6.42. The molecule has 2 rings (SSSR count). The van der Waals surface area contributed by atoms with Gasteiger partial charge >= 0.3 is 0 Å². The molecule has 0 spiro atoms. The maximum Gasteiger partial charge on any atom is 0.142 e. The Morgan fingerprint density at radius 1 is 1.41 bits per heavy atom. The molecule has 0 fully saturated rings. The third-order valence-electron chi connectivity index (χ3n) is 2.26. The molecular weight excluding hydrogens is 259 g/mol. The van der Waals surface area contributed by atoms with E-state index in [-0.39, 0.29) is 10.8 Å². The van der Waals surface area contributed by atoms with E-state index in [1.165, 1.54) is 6.07 Å². The summed E-state index contributed by atoms with van der Waals surface area (Å²) in [6, 6.07) is 4.83. The fourth-order valence-electron chi connectivity index (χ4n) is 1.45. The first kappa shape index (κ1) is 12.5. The van der Waals surface area contributed by atoms with Crippen molar-refractivity contribution in [2.75, 3.05) is 0 Å². The molecule has 0 aliphatic heterocycles. The number of aryl methyl sites for hydroxylation is 1. The predicted molar refractivity (Wildman–Crippen MR) is 68.8 cm³/mol. The molecule has 1 N–H and O–H groups in total. The molecule has 1 aromatic carbocycles. The van der Waals surface area contributed by atoms with Crippen molar-refractivity contribution in [2.45, 2.75) is 20.0 Å². The third kappa shape index (κ3) is 3.49. The molecule has 17 heavy (non-hydrogen) atoms. The zero-order valence-corrected chi connectivity index (χ0v) is 10.9. The second-order valence-electron chi connectivity index (χ2n) is 3.73. The minimum absolute atomic E-state index is 0.157. The van der Waals surface area contributed by atoms with Crippen LogP contribution in [0.3, 0.4) is 0 Å². The summed E-state index contributed by atoms with van der Waals surface area (Å²) < 4.78 is 13.2. The van der Waals surface area contributed by atoms with Crippen LogP contribution in [0.1, 0.15) is 16.3 Å². The van der Waals surface area contributed by atoms with Crippen molar-refractivity contribution in [3.63, 3.8) is 0 Å². The number of hydrogen-bond donors (Lipinski definition) is 1. The van der Waals surface area contributed by atoms with Crippen molar-refractivity contribution >= 4 is 22.9 Å². The lowest BCUT2D eigenvalue weighted by Gasteiger charge is -2.03. The molecule has 90 valence electrons. The van der Waals surface area contributed by atoms with Gasteiger partial charge in [-0.1, -0.05) is 17.7 Å². The van der Waals surface area contributed by atoms with Crippen LogP contribution in [-0.4, -0.2) is 4.98 Å². The number of aromatic nitrogens is 1. The summed E-state index contributed by atoms with van der Waals surface area (Å²) in [5.41, 5.74) is 1.91. The van der Waals surface area contributed by atoms with Gasteiger partial charge in [0, 0.05) is 24.2 Å². The number of nitrogens with one attached hydrogen (secondary N) is 1. The quantitative estimate of drug-likeness (QED) is 0.919. The lowest BCUT2D eigenvalue weighted by Crippen LogP contribution is -2.12. The zero-order valence-electron chi connectivity index (χ0n) is 9.34. The fourth-order valence-corrected chi connectivity index (χ4v) is 2.31. The van der Waals surface area contributed by atoms with Gasteiger partial charge in [0.2, 0.25) is 0 Å². The van der Waals surface area contributed by atoms with E-state index < -0.39 is 0 Å². The second-order valence-corrected chi connectivity index (χ2v) is 5.08. The van der Waals surface area contributed by atoms with Gasteiger partial charge in [-0.05, 0) is 24.6 Å². The second kappa shape index (κ2) is 5.58. The summed E-state index contributed by atoms with van der Waals surface area (Å²) in [4.78, 5) is 4.33. The number of thiazole rings is 1. The molecule has 0 atom stereocenters. The van der Waals surface area contributed by atoms with Gasteiger partial charge in [-0.2, -0.15) is 0 Å². The number of halogens is 2. The Morgan fingerprint density at radius 2 is 2.24 bits per heavy atom. The molecular formula is C12H12ClFN2S. The van der Waals surface area contributed by atoms with Crippen LogP contribution >= 0.6 is 22.9 Å². The average Bonchev–Trinajstić information content (AvgIpc) is 2.70. The minimum Gasteiger partial charge on any atom is -0.306 e. The third-order valence-corrected chi connectivity index (χ3v) is 3.53. The first-order chi connectivity index (χ1) is 8.15. The summed E-state index contributed by atoms with van der Waals surface area (Å²) in [6.07, 6.45) is 0. The van der Waals surface area contributed by atoms with Crippen LogP contribution in [0.4, 0.5) is 4.39 Å². The monoisotopic (exact) mass is 270 g/mol. The first-order valence-electron chi connectivity index (χ1n) is 5.21. The number of nitrogens with zero attached hydrogens (tertiary/aromatic N) is 1. The lowest BCUT2D eigenvalue weighted by atomic mass is 10.2. The molecule has 1 aromatic heterocycles. The lowest BCUT2D eigenvalue weighted by molar-refractivity contribution is 0.620. The van der Waals surface area contributed by atoms with Gasteiger partial charge in [0.05, 0.1) is 5.02 Å². The summed E-state index contributed by atoms with van der Waals surface area (Å²) in [5.74, 6) is -0.379. The van der Waals surface area contributed by atoms with Crippen molar-refractivity contribution in [2.24, 2.45) is 0 Å². The Hall–Kier alpha value is -0.970. The molecule has 2 nitrogen and oxygen atoms in total. The maximum atomic E-state index is 13.2. The van der Waals surface area contributed by atoms with E-state index in [2.05, 4.69) is 10.3 Å². The molecule has 0 saturated heterocycles. The molecule has 2 aromatic rings. The van der Waals surface area contributed by atoms with E-state index in [0.717, 1.165) is 16.3 Å². The van der Waals surface area contributed by atoms with Crippen LogP contribution < -0.4 is 5.32 Å². The van der Waals surface area contributed by atoms with Gasteiger partial charge in [-0.3, -0.25) is 0 Å². The van der Waals surface area contributed by atoms with E-state index in [1.54, 1.807) is 17.4 Å². The highest BCUT2D eigenvalue weighted by Gasteiger charge is 2.02. The number of rotatable bonds is 4. The Balaban J connectivity index is 1.87. The minimum atomic E-state index is -0.379. The highest BCUT2D eigenvalue weighted by Crippen LogP contribution is 2.15. The molecule has 1 heterocycles. The van der Waals surface area contributed by atoms with Crippen LogP contribution in [0.25, 0.3) is 0 Å². The van der Waals surface area contributed by atoms with E-state index in [4.69, 9.17) is 11.6 Å². The van der Waals surface area contributed by atoms with Crippen LogP contribution in [0.5, 0.6) is 0 Å². The van der Waals surface area contributed by atoms with Crippen LogP contribution in [-0.2, 0) is 13.1 Å². The number of hydrogen-bond acceptors (Lipinski definition) is 3. The molecule has 0 aliphatic carbocycles. The standard InChI is InChI=1S/C12H12ClFN2S/c1-8-7-17-12(16-8)6-15-5-9-2-3-10(13)11(14)4-9/h2-4,7,15H,5-6H2,1H3. The molecule has 0 radical (unpaired) electrons. The Labute approximate surface area is 108 Å². The molecule has 0 aliphatic rings. The topological polar surface area (TPSA) is 24.9 Å². The first-order valence-corrected chi connectivity index (χ1v) is 6.46. The summed E-state index contributed by atoms with van der Waals surface area (Å²) in [7, 11) is 0. The van der Waals surface area contributed by atoms with Crippen molar-refractivity contribution < 1.29 is 4.39 Å². The summed E-state index contributed by atoms with van der Waals surface area (Å²) in [6.45, 7) is 3.27. The van der Waals surface area contributed by atoms with E-state index in [9.17, 15) is 4.39 Å². The van der Waals surface area contributed by atoms with Crippen molar-refractivity contribution in [3.8, 4) is 0 Å². The van der Waals surface area contributed by atoms with Gasteiger partial charge in [-0.25, -0.2) is 9.37 Å². The van der Waals surface area contributed by atoms with Crippen molar-refractivity contribution in [3.05, 3.63) is 50.7 Å². The van der Waals surface area contributed by atoms with Gasteiger partial charge in [0.15, 0.2) is 0 Å². The van der Waals surface area contributed by atoms with Gasteiger partial charge in [0.1, 0.15) is 10.8 Å². The molecule has 5 heteroatoms. The van der Waals surface area contributed by atoms with Gasteiger partial charge in [-0.15, -0.1) is 11.3 Å². The maximum absolute atomic E-state index is 13.2. The molecule has 0 amide bonds. The molecule has 0 bridgehead atoms. The highest BCUT2D eigenvalue weighted by atomic mass is 35.5. The van der Waals surface area contributed by atoms with Crippen molar-refractivity contribution in [1.29, 1.82) is 0 Å². The van der Waals surface area contributed by atoms with Crippen molar-refractivity contribution in [1.82, 2.24) is 10.3 Å². The Morgan fingerprint density at radius 3 is 2.88 bits per heavy atom. The normalized spacial score (nSPS) is 10.8. The van der Waals surface area contributed by atoms with Gasteiger partial charge < -0.3 is 5.32 Å². The predicted octanol–water partition coefficient (Wildman–Crippen LogP) is 3.53. The number of benzene rings is 1. The largest absolute Gasteiger partial charge is 0.306 e. The smallest absolute Gasteiger partial charge is 0.142 e. The molecule has 0 unspecified atom stereocenters. The SMILES string of the molecule is Cc1csc(CNCc2ccc(Cl)c(F)c2)n1. The molecule has 0 saturated carbocycles. The van der Waals surface area contributed by atoms with Crippen LogP contribution in [0, 0.1) is 12.7 Å².